The Morgan fingerprint density at radius 3 is 2.04 bits per heavy atom. The van der Waals surface area contributed by atoms with E-state index in [1.165, 1.54) is 10.4 Å². The van der Waals surface area contributed by atoms with Crippen LogP contribution in [0.25, 0.3) is 21.9 Å². The van der Waals surface area contributed by atoms with Crippen molar-refractivity contribution >= 4 is 57.0 Å². The molecule has 0 saturated carbocycles. The molecule has 0 spiro atoms. The maximum absolute atomic E-state index is 14.2. The third kappa shape index (κ3) is 7.14. The highest BCUT2D eigenvalue weighted by molar-refractivity contribution is 7.89. The number of fused-ring (bicyclic) bond motifs is 1. The molecule has 1 saturated heterocycles. The van der Waals surface area contributed by atoms with E-state index in [0.29, 0.717) is 37.1 Å². The van der Waals surface area contributed by atoms with Crippen molar-refractivity contribution in [3.05, 3.63) is 139 Å². The molecule has 6 aromatic rings. The molecule has 2 aromatic heterocycles. The second kappa shape index (κ2) is 14.9. The summed E-state index contributed by atoms with van der Waals surface area (Å²) in [6.45, 7) is 8.20. The molecule has 0 radical (unpaired) electrons. The molecule has 1 fully saturated rings. The van der Waals surface area contributed by atoms with Crippen LogP contribution in [0.1, 0.15) is 27.2 Å². The molecule has 8 nitrogen and oxygen atoms in total. The summed E-state index contributed by atoms with van der Waals surface area (Å²) in [6, 6.07) is 35.4. The third-order valence-electron chi connectivity index (χ3n) is 9.95. The smallest absolute Gasteiger partial charge is 0.261 e. The van der Waals surface area contributed by atoms with Gasteiger partial charge in [0.1, 0.15) is 0 Å². The first-order valence-corrected chi connectivity index (χ1v) is 21.2. The van der Waals surface area contributed by atoms with Gasteiger partial charge in [0, 0.05) is 67.7 Å². The van der Waals surface area contributed by atoms with Crippen LogP contribution < -0.4 is 15.3 Å². The van der Waals surface area contributed by atoms with E-state index in [1.54, 1.807) is 34.9 Å². The number of aromatic nitrogens is 3. The molecular weight excluding hydrogens is 706 g/mol. The van der Waals surface area contributed by atoms with E-state index in [0.717, 1.165) is 21.9 Å². The second-order valence-corrected chi connectivity index (χ2v) is 20.9. The van der Waals surface area contributed by atoms with Crippen molar-refractivity contribution in [2.24, 2.45) is 0 Å². The summed E-state index contributed by atoms with van der Waals surface area (Å²) >= 11 is 6.20. The van der Waals surface area contributed by atoms with Crippen LogP contribution in [0, 0.1) is 0 Å². The number of halogens is 1. The van der Waals surface area contributed by atoms with Gasteiger partial charge < -0.3 is 9.33 Å². The molecule has 1 aliphatic rings. The van der Waals surface area contributed by atoms with Gasteiger partial charge in [-0.15, -0.1) is 0 Å². The van der Waals surface area contributed by atoms with Crippen LogP contribution in [0.5, 0.6) is 0 Å². The summed E-state index contributed by atoms with van der Waals surface area (Å²) < 4.78 is 37.4. The quantitative estimate of drug-likeness (QED) is 0.137. The number of nitrogens with zero attached hydrogens (tertiary/aromatic N) is 5. The Labute approximate surface area is 312 Å². The number of hydrogen-bond acceptors (Lipinski definition) is 7. The van der Waals surface area contributed by atoms with Gasteiger partial charge in [0.25, 0.3) is 8.32 Å². The largest absolute Gasteiger partial charge is 0.407 e. The van der Waals surface area contributed by atoms with Gasteiger partial charge in [-0.2, -0.15) is 4.31 Å². The Morgan fingerprint density at radius 2 is 1.40 bits per heavy atom. The van der Waals surface area contributed by atoms with Gasteiger partial charge in [0.15, 0.2) is 0 Å². The summed E-state index contributed by atoms with van der Waals surface area (Å²) in [5, 5.41) is 4.53. The lowest BCUT2D eigenvalue weighted by molar-refractivity contribution is 0.249. The van der Waals surface area contributed by atoms with E-state index in [9.17, 15) is 8.42 Å². The summed E-state index contributed by atoms with van der Waals surface area (Å²) in [6.07, 6.45) is 7.70. The fourth-order valence-corrected chi connectivity index (χ4v) is 13.6. The summed E-state index contributed by atoms with van der Waals surface area (Å²) in [4.78, 5) is 16.1. The number of pyridine rings is 1. The van der Waals surface area contributed by atoms with Gasteiger partial charge in [-0.05, 0) is 74.6 Å². The lowest BCUT2D eigenvalue weighted by Gasteiger charge is -2.44. The van der Waals surface area contributed by atoms with Crippen molar-refractivity contribution in [3.63, 3.8) is 0 Å². The second-order valence-electron chi connectivity index (χ2n) is 14.2. The minimum atomic E-state index is -3.81. The molecule has 7 rings (SSSR count). The molecule has 1 unspecified atom stereocenters. The highest BCUT2D eigenvalue weighted by atomic mass is 35.5. The first-order valence-electron chi connectivity index (χ1n) is 17.5. The molecule has 1 atom stereocenters. The Bertz CT molecular complexity index is 2200. The van der Waals surface area contributed by atoms with Crippen molar-refractivity contribution in [2.75, 3.05) is 31.1 Å². The molecule has 0 amide bonds. The van der Waals surface area contributed by atoms with Crippen LogP contribution in [0.4, 0.5) is 5.95 Å². The van der Waals surface area contributed by atoms with Crippen molar-refractivity contribution in [1.82, 2.24) is 19.3 Å². The Kier molecular flexibility index (Phi) is 10.3. The van der Waals surface area contributed by atoms with Gasteiger partial charge >= 0.3 is 0 Å². The number of benzene rings is 4. The van der Waals surface area contributed by atoms with Crippen LogP contribution >= 0.6 is 11.6 Å². The standard InChI is InChI=1S/C41H42ClN5O3SSi/c1-41(2,3)52(38-10-6-4-7-11-38,39-12-8-5-9-13-39)50-25-20-36-30-46(51(48,49)37-17-15-32-26-35(42)16-14-33(32)27-37)23-24-47(36)40-44-28-34(29-45-40)31-18-21-43-22-19-31/h4-19,21-22,26-29,36H,20,23-25,30H2,1-3H3. The van der Waals surface area contributed by atoms with Crippen molar-refractivity contribution < 1.29 is 12.8 Å². The number of sulfonamides is 1. The summed E-state index contributed by atoms with van der Waals surface area (Å²) in [5.74, 6) is 0.563. The predicted molar refractivity (Wildman–Crippen MR) is 212 cm³/mol. The van der Waals surface area contributed by atoms with E-state index in [1.807, 2.05) is 54.9 Å². The number of rotatable bonds is 10. The predicted octanol–water partition coefficient (Wildman–Crippen LogP) is 7.19. The Morgan fingerprint density at radius 1 is 0.788 bits per heavy atom. The van der Waals surface area contributed by atoms with Crippen molar-refractivity contribution in [2.45, 2.75) is 43.2 Å². The average Bonchev–Trinajstić information content (AvgIpc) is 3.17. The maximum atomic E-state index is 14.2. The normalized spacial score (nSPS) is 15.9. The van der Waals surface area contributed by atoms with E-state index in [2.05, 4.69) is 79.2 Å². The van der Waals surface area contributed by atoms with Crippen molar-refractivity contribution in [1.29, 1.82) is 0 Å². The van der Waals surface area contributed by atoms with Crippen LogP contribution in [-0.4, -0.2) is 68.3 Å². The first kappa shape index (κ1) is 35.9. The molecule has 52 heavy (non-hydrogen) atoms. The SMILES string of the molecule is CC(C)(C)[Si](OCCC1CN(S(=O)(=O)c2ccc3cc(Cl)ccc3c2)CCN1c1ncc(-c2ccncc2)cn1)(c1ccccc1)c1ccccc1. The highest BCUT2D eigenvalue weighted by Crippen LogP contribution is 2.37. The van der Waals surface area contributed by atoms with Crippen LogP contribution in [0.2, 0.25) is 10.1 Å². The molecule has 3 heterocycles. The van der Waals surface area contributed by atoms with Gasteiger partial charge in [0.2, 0.25) is 16.0 Å². The number of hydrogen-bond donors (Lipinski definition) is 0. The molecular formula is C41H42ClN5O3SSi. The fourth-order valence-electron chi connectivity index (χ4n) is 7.33. The maximum Gasteiger partial charge on any atom is 0.261 e. The average molecular weight is 748 g/mol. The fraction of sp³-hybridized carbons (Fsp3) is 0.244. The first-order chi connectivity index (χ1) is 25.1. The lowest BCUT2D eigenvalue weighted by atomic mass is 10.1. The monoisotopic (exact) mass is 747 g/mol. The van der Waals surface area contributed by atoms with E-state index >= 15 is 0 Å². The van der Waals surface area contributed by atoms with E-state index in [-0.39, 0.29) is 22.5 Å². The Balaban J connectivity index is 1.21. The van der Waals surface area contributed by atoms with Gasteiger partial charge in [-0.1, -0.05) is 105 Å². The minimum absolute atomic E-state index is 0.191. The zero-order valence-corrected chi connectivity index (χ0v) is 32.1. The zero-order chi connectivity index (χ0) is 36.3. The molecule has 11 heteroatoms. The van der Waals surface area contributed by atoms with Gasteiger partial charge in [-0.3, -0.25) is 4.98 Å². The number of anilines is 1. The van der Waals surface area contributed by atoms with Crippen LogP contribution in [-0.2, 0) is 14.4 Å². The third-order valence-corrected chi connectivity index (χ3v) is 17.1. The molecule has 0 bridgehead atoms. The highest BCUT2D eigenvalue weighted by Gasteiger charge is 2.50. The van der Waals surface area contributed by atoms with Crippen LogP contribution in [0.15, 0.2) is 139 Å². The minimum Gasteiger partial charge on any atom is -0.407 e. The summed E-state index contributed by atoms with van der Waals surface area (Å²) in [5.41, 5.74) is 1.86. The molecule has 0 aliphatic carbocycles. The van der Waals surface area contributed by atoms with Gasteiger partial charge in [-0.25, -0.2) is 18.4 Å². The topological polar surface area (TPSA) is 88.5 Å². The number of piperazine rings is 1. The van der Waals surface area contributed by atoms with E-state index in [4.69, 9.17) is 26.0 Å². The molecule has 1 aliphatic heterocycles. The molecule has 0 N–H and O–H groups in total. The van der Waals surface area contributed by atoms with Gasteiger partial charge in [0.05, 0.1) is 4.90 Å². The molecule has 4 aromatic carbocycles. The Hall–Kier alpha value is -4.45. The van der Waals surface area contributed by atoms with Crippen LogP contribution in [0.3, 0.4) is 0 Å². The molecule has 266 valence electrons. The lowest BCUT2D eigenvalue weighted by Crippen LogP contribution is -2.67. The van der Waals surface area contributed by atoms with E-state index < -0.39 is 18.3 Å². The zero-order valence-electron chi connectivity index (χ0n) is 29.6. The summed E-state index contributed by atoms with van der Waals surface area (Å²) in [7, 11) is -6.63. The van der Waals surface area contributed by atoms with Crippen molar-refractivity contribution in [3.8, 4) is 11.1 Å².